The fourth-order valence-electron chi connectivity index (χ4n) is 4.42. The first-order valence-electron chi connectivity index (χ1n) is 9.35. The van der Waals surface area contributed by atoms with Gasteiger partial charge in [0.05, 0.1) is 17.7 Å². The molecule has 1 amide bonds. The third kappa shape index (κ3) is 3.56. The molecule has 0 unspecified atom stereocenters. The Bertz CT molecular complexity index is 693. The Balaban J connectivity index is 1.32. The highest BCUT2D eigenvalue weighted by Gasteiger charge is 2.47. The first-order chi connectivity index (χ1) is 12.1. The van der Waals surface area contributed by atoms with Crippen LogP contribution in [0, 0.1) is 23.2 Å². The van der Waals surface area contributed by atoms with E-state index in [1.165, 1.54) is 18.4 Å². The molecule has 25 heavy (non-hydrogen) atoms. The van der Waals surface area contributed by atoms with E-state index in [-0.39, 0.29) is 11.9 Å². The van der Waals surface area contributed by atoms with E-state index in [9.17, 15) is 4.79 Å². The molecule has 1 saturated carbocycles. The molecule has 5 heteroatoms. The molecular formula is C20H26N4O. The summed E-state index contributed by atoms with van der Waals surface area (Å²) in [5.41, 5.74) is 1.92. The highest BCUT2D eigenvalue weighted by molar-refractivity contribution is 5.82. The summed E-state index contributed by atoms with van der Waals surface area (Å²) in [5.74, 6) is 1.52. The second-order valence-electron chi connectivity index (χ2n) is 7.94. The summed E-state index contributed by atoms with van der Waals surface area (Å²) >= 11 is 0. The number of nitrogens with one attached hydrogen (secondary N) is 1. The number of nitriles is 1. The van der Waals surface area contributed by atoms with Crippen molar-refractivity contribution in [2.45, 2.75) is 37.9 Å². The molecular weight excluding hydrogens is 312 g/mol. The zero-order chi connectivity index (χ0) is 17.4. The predicted octanol–water partition coefficient (Wildman–Crippen LogP) is 1.59. The zero-order valence-electron chi connectivity index (χ0n) is 14.8. The molecule has 0 aromatic heterocycles. The van der Waals surface area contributed by atoms with Crippen molar-refractivity contribution in [1.82, 2.24) is 15.1 Å². The van der Waals surface area contributed by atoms with Crippen LogP contribution in [-0.4, -0.2) is 54.5 Å². The van der Waals surface area contributed by atoms with Gasteiger partial charge >= 0.3 is 0 Å². The zero-order valence-corrected chi connectivity index (χ0v) is 14.8. The Morgan fingerprint density at radius 3 is 2.92 bits per heavy atom. The van der Waals surface area contributed by atoms with E-state index < -0.39 is 0 Å². The van der Waals surface area contributed by atoms with Crippen molar-refractivity contribution in [2.24, 2.45) is 11.8 Å². The third-order valence-corrected chi connectivity index (χ3v) is 6.05. The number of hydrogen-bond donors (Lipinski definition) is 1. The summed E-state index contributed by atoms with van der Waals surface area (Å²) < 4.78 is 0. The van der Waals surface area contributed by atoms with Crippen LogP contribution in [0.3, 0.4) is 0 Å². The number of likely N-dealkylation sites (N-methyl/N-ethyl adjacent to an activating group) is 1. The van der Waals surface area contributed by atoms with Crippen molar-refractivity contribution >= 4 is 5.91 Å². The maximum Gasteiger partial charge on any atom is 0.237 e. The number of benzene rings is 1. The number of carbonyl (C=O) groups excluding carboxylic acids is 1. The molecule has 3 atom stereocenters. The second-order valence-corrected chi connectivity index (χ2v) is 7.94. The number of likely N-dealkylation sites (tertiary alicyclic amines) is 2. The van der Waals surface area contributed by atoms with Crippen LogP contribution in [0.5, 0.6) is 0 Å². The van der Waals surface area contributed by atoms with Crippen LogP contribution in [0.2, 0.25) is 0 Å². The Labute approximate surface area is 149 Å². The van der Waals surface area contributed by atoms with E-state index in [1.807, 2.05) is 18.2 Å². The topological polar surface area (TPSA) is 59.4 Å². The summed E-state index contributed by atoms with van der Waals surface area (Å²) in [6, 6.07) is 10.6. The lowest BCUT2D eigenvalue weighted by Crippen LogP contribution is -2.46. The number of hydrogen-bond acceptors (Lipinski definition) is 4. The molecule has 2 saturated heterocycles. The molecule has 2 heterocycles. The molecule has 0 radical (unpaired) electrons. The third-order valence-electron chi connectivity index (χ3n) is 6.05. The molecule has 1 aromatic rings. The number of nitrogens with zero attached hydrogens (tertiary/aromatic N) is 3. The van der Waals surface area contributed by atoms with Gasteiger partial charge < -0.3 is 5.32 Å². The Kier molecular flexibility index (Phi) is 4.49. The molecule has 3 aliphatic rings. The Hall–Kier alpha value is -1.90. The van der Waals surface area contributed by atoms with Crippen LogP contribution in [0.4, 0.5) is 0 Å². The molecule has 3 fully saturated rings. The summed E-state index contributed by atoms with van der Waals surface area (Å²) in [7, 11) is 2.10. The molecule has 4 rings (SSSR count). The standard InChI is InChI=1S/C20H26N4O/c1-23-18(20(25)22-10-14-5-6-14)8-17-12-24(13-19(17)23)11-16-4-2-3-15(7-16)9-21/h2-4,7,14,17-19H,5-6,8,10-13H2,1H3,(H,22,25)/t17-,18-,19+/m0/s1. The summed E-state index contributed by atoms with van der Waals surface area (Å²) in [5, 5.41) is 12.2. The van der Waals surface area contributed by atoms with Gasteiger partial charge in [-0.3, -0.25) is 14.6 Å². The van der Waals surface area contributed by atoms with Gasteiger partial charge in [0.15, 0.2) is 0 Å². The van der Waals surface area contributed by atoms with Gasteiger partial charge in [-0.25, -0.2) is 0 Å². The highest BCUT2D eigenvalue weighted by Crippen LogP contribution is 2.35. The van der Waals surface area contributed by atoms with Crippen LogP contribution in [0.1, 0.15) is 30.4 Å². The maximum absolute atomic E-state index is 12.5. The highest BCUT2D eigenvalue weighted by atomic mass is 16.2. The van der Waals surface area contributed by atoms with Crippen molar-refractivity contribution in [3.05, 3.63) is 35.4 Å². The van der Waals surface area contributed by atoms with E-state index >= 15 is 0 Å². The monoisotopic (exact) mass is 338 g/mol. The van der Waals surface area contributed by atoms with E-state index in [0.717, 1.165) is 44.1 Å². The van der Waals surface area contributed by atoms with E-state index in [1.54, 1.807) is 0 Å². The maximum atomic E-state index is 12.5. The summed E-state index contributed by atoms with van der Waals surface area (Å²) in [6.07, 6.45) is 3.51. The molecule has 0 bridgehead atoms. The lowest BCUT2D eigenvalue weighted by atomic mass is 10.0. The van der Waals surface area contributed by atoms with Crippen molar-refractivity contribution in [3.8, 4) is 6.07 Å². The normalized spacial score (nSPS) is 29.4. The van der Waals surface area contributed by atoms with E-state index in [4.69, 9.17) is 5.26 Å². The van der Waals surface area contributed by atoms with Crippen molar-refractivity contribution in [2.75, 3.05) is 26.7 Å². The van der Waals surface area contributed by atoms with Crippen molar-refractivity contribution < 1.29 is 4.79 Å². The Morgan fingerprint density at radius 2 is 2.20 bits per heavy atom. The van der Waals surface area contributed by atoms with Gasteiger partial charge in [-0.2, -0.15) is 5.26 Å². The van der Waals surface area contributed by atoms with Gasteiger partial charge in [-0.1, -0.05) is 12.1 Å². The van der Waals surface area contributed by atoms with Gasteiger partial charge in [0.1, 0.15) is 0 Å². The van der Waals surface area contributed by atoms with Crippen LogP contribution in [-0.2, 0) is 11.3 Å². The van der Waals surface area contributed by atoms with Gasteiger partial charge in [0.25, 0.3) is 0 Å². The Morgan fingerprint density at radius 1 is 1.36 bits per heavy atom. The van der Waals surface area contributed by atoms with Gasteiger partial charge in [0.2, 0.25) is 5.91 Å². The fourth-order valence-corrected chi connectivity index (χ4v) is 4.42. The van der Waals surface area contributed by atoms with E-state index in [2.05, 4.69) is 34.3 Å². The number of rotatable bonds is 5. The minimum Gasteiger partial charge on any atom is -0.354 e. The molecule has 1 aromatic carbocycles. The van der Waals surface area contributed by atoms with Crippen LogP contribution >= 0.6 is 0 Å². The largest absolute Gasteiger partial charge is 0.354 e. The molecule has 0 spiro atoms. The summed E-state index contributed by atoms with van der Waals surface area (Å²) in [6.45, 7) is 3.79. The average molecular weight is 338 g/mol. The SMILES string of the molecule is CN1[C@@H]2CN(Cc3cccc(C#N)c3)C[C@@H]2C[C@H]1C(=O)NCC1CC1. The first kappa shape index (κ1) is 16.6. The quantitative estimate of drug-likeness (QED) is 0.886. The predicted molar refractivity (Wildman–Crippen MR) is 95.6 cm³/mol. The second kappa shape index (κ2) is 6.78. The minimum atomic E-state index is 0.0396. The van der Waals surface area contributed by atoms with Crippen molar-refractivity contribution in [1.29, 1.82) is 5.26 Å². The van der Waals surface area contributed by atoms with Crippen LogP contribution in [0.15, 0.2) is 24.3 Å². The summed E-state index contributed by atoms with van der Waals surface area (Å²) in [4.78, 5) is 17.2. The number of amides is 1. The lowest BCUT2D eigenvalue weighted by molar-refractivity contribution is -0.125. The van der Waals surface area contributed by atoms with Crippen LogP contribution < -0.4 is 5.32 Å². The van der Waals surface area contributed by atoms with Gasteiger partial charge in [0, 0.05) is 32.2 Å². The molecule has 1 aliphatic carbocycles. The van der Waals surface area contributed by atoms with Crippen LogP contribution in [0.25, 0.3) is 0 Å². The smallest absolute Gasteiger partial charge is 0.237 e. The molecule has 2 aliphatic heterocycles. The fraction of sp³-hybridized carbons (Fsp3) is 0.600. The average Bonchev–Trinajstić information content (AvgIpc) is 3.29. The van der Waals surface area contributed by atoms with Gasteiger partial charge in [-0.15, -0.1) is 0 Å². The number of fused-ring (bicyclic) bond motifs is 1. The number of carbonyl (C=O) groups is 1. The minimum absolute atomic E-state index is 0.0396. The molecule has 132 valence electrons. The van der Waals surface area contributed by atoms with Crippen molar-refractivity contribution in [3.63, 3.8) is 0 Å². The molecule has 5 nitrogen and oxygen atoms in total. The molecule has 1 N–H and O–H groups in total. The lowest BCUT2D eigenvalue weighted by Gasteiger charge is -2.26. The van der Waals surface area contributed by atoms with Gasteiger partial charge in [-0.05, 0) is 55.8 Å². The first-order valence-corrected chi connectivity index (χ1v) is 9.35. The van der Waals surface area contributed by atoms with E-state index in [0.29, 0.717) is 12.0 Å².